The molecule has 25 heavy (non-hydrogen) atoms. The van der Waals surface area contributed by atoms with Crippen molar-refractivity contribution in [3.8, 4) is 0 Å². The molecule has 4 rings (SSSR count). The van der Waals surface area contributed by atoms with Crippen LogP contribution >= 0.6 is 11.3 Å². The van der Waals surface area contributed by atoms with E-state index in [9.17, 15) is 9.59 Å². The van der Waals surface area contributed by atoms with Gasteiger partial charge in [-0.2, -0.15) is 14.6 Å². The second kappa shape index (κ2) is 6.72. The molecule has 6 heteroatoms. The Morgan fingerprint density at radius 1 is 1.20 bits per heavy atom. The summed E-state index contributed by atoms with van der Waals surface area (Å²) >= 11 is 1.24. The van der Waals surface area contributed by atoms with Crippen LogP contribution in [0.25, 0.3) is 11.0 Å². The fraction of sp³-hybridized carbons (Fsp3) is 0.263. The van der Waals surface area contributed by atoms with Crippen molar-refractivity contribution >= 4 is 22.4 Å². The Morgan fingerprint density at radius 2 is 2.04 bits per heavy atom. The van der Waals surface area contributed by atoms with E-state index in [0.717, 1.165) is 24.8 Å². The number of nitrogens with zero attached hydrogens (tertiary/aromatic N) is 3. The Balaban J connectivity index is 1.76. The van der Waals surface area contributed by atoms with Gasteiger partial charge in [-0.1, -0.05) is 59.9 Å². The molecule has 1 aliphatic rings. The number of fused-ring (bicyclic) bond motifs is 1. The summed E-state index contributed by atoms with van der Waals surface area (Å²) in [6, 6.07) is 9.60. The van der Waals surface area contributed by atoms with Crippen LogP contribution in [-0.4, -0.2) is 14.6 Å². The molecule has 0 amide bonds. The van der Waals surface area contributed by atoms with Crippen LogP contribution in [-0.2, 0) is 6.42 Å². The van der Waals surface area contributed by atoms with Crippen molar-refractivity contribution in [2.45, 2.75) is 25.7 Å². The molecule has 0 fully saturated rings. The third-order valence-corrected chi connectivity index (χ3v) is 5.34. The maximum absolute atomic E-state index is 12.6. The fourth-order valence-electron chi connectivity index (χ4n) is 3.04. The summed E-state index contributed by atoms with van der Waals surface area (Å²) in [5.41, 5.74) is 0.719. The molecule has 1 aromatic carbocycles. The molecular weight excluding hydrogens is 334 g/mol. The molecule has 0 saturated heterocycles. The van der Waals surface area contributed by atoms with Crippen molar-refractivity contribution in [2.75, 3.05) is 0 Å². The molecule has 1 unspecified atom stereocenters. The molecule has 2 aromatic heterocycles. The number of hydrogen-bond donors (Lipinski definition) is 0. The van der Waals surface area contributed by atoms with Gasteiger partial charge in [-0.15, -0.1) is 0 Å². The van der Waals surface area contributed by atoms with E-state index in [1.54, 1.807) is 0 Å². The SMILES string of the molecule is O=c1nc2s/c(=C\C3CC=CCC3)c(=O)n2nc1Cc1ccccc1. The average Bonchev–Trinajstić information content (AvgIpc) is 2.92. The van der Waals surface area contributed by atoms with Crippen molar-refractivity contribution in [3.63, 3.8) is 0 Å². The summed E-state index contributed by atoms with van der Waals surface area (Å²) in [6.07, 6.45) is 9.74. The second-order valence-electron chi connectivity index (χ2n) is 6.20. The molecule has 3 aromatic rings. The standard InChI is InChI=1S/C19H17N3O2S/c23-17-15(11-13-7-3-1-4-8-13)21-22-18(24)16(25-19(22)20-17)12-14-9-5-2-6-10-14/h1-5,7-8,12,14H,6,9-11H2/b16-12-. The normalized spacial score (nSPS) is 18.1. The smallest absolute Gasteiger partial charge is 0.266 e. The molecule has 0 spiro atoms. The third-order valence-electron chi connectivity index (χ3n) is 4.36. The van der Waals surface area contributed by atoms with Gasteiger partial charge < -0.3 is 0 Å². The first-order valence-electron chi connectivity index (χ1n) is 8.34. The first kappa shape index (κ1) is 15.9. The van der Waals surface area contributed by atoms with Gasteiger partial charge in [-0.05, 0) is 30.7 Å². The fourth-order valence-corrected chi connectivity index (χ4v) is 4.01. The first-order chi connectivity index (χ1) is 12.2. The molecule has 2 heterocycles. The molecule has 0 radical (unpaired) electrons. The van der Waals surface area contributed by atoms with Gasteiger partial charge >= 0.3 is 0 Å². The minimum atomic E-state index is -0.364. The molecule has 1 aliphatic carbocycles. The molecule has 0 aliphatic heterocycles. The zero-order valence-corrected chi connectivity index (χ0v) is 14.4. The number of thiazole rings is 1. The second-order valence-corrected chi connectivity index (χ2v) is 7.21. The average molecular weight is 351 g/mol. The van der Waals surface area contributed by atoms with Crippen molar-refractivity contribution in [3.05, 3.63) is 79.0 Å². The van der Waals surface area contributed by atoms with Gasteiger partial charge in [0.15, 0.2) is 0 Å². The maximum atomic E-state index is 12.6. The van der Waals surface area contributed by atoms with Crippen LogP contribution < -0.4 is 15.7 Å². The lowest BCUT2D eigenvalue weighted by Crippen LogP contribution is -2.28. The van der Waals surface area contributed by atoms with Gasteiger partial charge in [-0.25, -0.2) is 0 Å². The molecular formula is C19H17N3O2S. The van der Waals surface area contributed by atoms with Gasteiger partial charge in [0.1, 0.15) is 5.69 Å². The third kappa shape index (κ3) is 3.30. The quantitative estimate of drug-likeness (QED) is 0.677. The van der Waals surface area contributed by atoms with Gasteiger partial charge in [0.2, 0.25) is 4.96 Å². The lowest BCUT2D eigenvalue weighted by atomic mass is 9.94. The highest BCUT2D eigenvalue weighted by atomic mass is 32.1. The van der Waals surface area contributed by atoms with Crippen molar-refractivity contribution < 1.29 is 0 Å². The Kier molecular flexibility index (Phi) is 4.28. The van der Waals surface area contributed by atoms with E-state index in [2.05, 4.69) is 22.2 Å². The van der Waals surface area contributed by atoms with Gasteiger partial charge in [0.05, 0.1) is 4.53 Å². The Bertz CT molecular complexity index is 1100. The van der Waals surface area contributed by atoms with Crippen LogP contribution in [0.2, 0.25) is 0 Å². The van der Waals surface area contributed by atoms with E-state index in [4.69, 9.17) is 0 Å². The predicted molar refractivity (Wildman–Crippen MR) is 98.8 cm³/mol. The molecule has 0 bridgehead atoms. The Morgan fingerprint density at radius 3 is 2.80 bits per heavy atom. The maximum Gasteiger partial charge on any atom is 0.296 e. The topological polar surface area (TPSA) is 64.3 Å². The number of aromatic nitrogens is 3. The predicted octanol–water partition coefficient (Wildman–Crippen LogP) is 1.96. The molecule has 0 saturated carbocycles. The van der Waals surface area contributed by atoms with Crippen molar-refractivity contribution in [1.82, 2.24) is 14.6 Å². The first-order valence-corrected chi connectivity index (χ1v) is 9.16. The van der Waals surface area contributed by atoms with Crippen molar-refractivity contribution in [1.29, 1.82) is 0 Å². The summed E-state index contributed by atoms with van der Waals surface area (Å²) in [7, 11) is 0. The summed E-state index contributed by atoms with van der Waals surface area (Å²) in [4.78, 5) is 29.3. The van der Waals surface area contributed by atoms with Crippen LogP contribution in [0.1, 0.15) is 30.5 Å². The summed E-state index contributed by atoms with van der Waals surface area (Å²) < 4.78 is 1.89. The van der Waals surface area contributed by atoms with E-state index in [0.29, 0.717) is 27.5 Å². The number of benzene rings is 1. The van der Waals surface area contributed by atoms with E-state index >= 15 is 0 Å². The number of allylic oxidation sites excluding steroid dienone is 2. The Labute approximate surface area is 148 Å². The van der Waals surface area contributed by atoms with Gasteiger partial charge in [0.25, 0.3) is 11.1 Å². The molecule has 5 nitrogen and oxygen atoms in total. The lowest BCUT2D eigenvalue weighted by molar-refractivity contribution is 0.612. The minimum absolute atomic E-state index is 0.184. The zero-order valence-electron chi connectivity index (χ0n) is 13.6. The van der Waals surface area contributed by atoms with Crippen LogP contribution in [0.5, 0.6) is 0 Å². The monoisotopic (exact) mass is 351 g/mol. The minimum Gasteiger partial charge on any atom is -0.266 e. The largest absolute Gasteiger partial charge is 0.296 e. The molecule has 1 atom stereocenters. The highest BCUT2D eigenvalue weighted by Crippen LogP contribution is 2.19. The van der Waals surface area contributed by atoms with Crippen LogP contribution in [0.15, 0.2) is 52.1 Å². The highest BCUT2D eigenvalue weighted by molar-refractivity contribution is 7.14. The van der Waals surface area contributed by atoms with Gasteiger partial charge in [0, 0.05) is 6.42 Å². The van der Waals surface area contributed by atoms with Crippen molar-refractivity contribution in [2.24, 2.45) is 5.92 Å². The van der Waals surface area contributed by atoms with E-state index in [1.807, 2.05) is 36.4 Å². The van der Waals surface area contributed by atoms with Crippen LogP contribution in [0, 0.1) is 5.92 Å². The van der Waals surface area contributed by atoms with E-state index in [-0.39, 0.29) is 11.1 Å². The van der Waals surface area contributed by atoms with E-state index in [1.165, 1.54) is 15.9 Å². The summed E-state index contributed by atoms with van der Waals surface area (Å²) in [5, 5.41) is 4.29. The summed E-state index contributed by atoms with van der Waals surface area (Å²) in [5.74, 6) is 0.363. The van der Waals surface area contributed by atoms with Crippen LogP contribution in [0.3, 0.4) is 0 Å². The summed E-state index contributed by atoms with van der Waals surface area (Å²) in [6.45, 7) is 0. The Hall–Kier alpha value is -2.60. The van der Waals surface area contributed by atoms with Crippen LogP contribution in [0.4, 0.5) is 0 Å². The number of hydrogen-bond acceptors (Lipinski definition) is 5. The lowest BCUT2D eigenvalue weighted by Gasteiger charge is -2.11. The van der Waals surface area contributed by atoms with Gasteiger partial charge in [-0.3, -0.25) is 9.59 Å². The zero-order chi connectivity index (χ0) is 17.2. The highest BCUT2D eigenvalue weighted by Gasteiger charge is 2.13. The number of rotatable bonds is 3. The molecule has 0 N–H and O–H groups in total. The van der Waals surface area contributed by atoms with E-state index < -0.39 is 0 Å². The molecule has 126 valence electrons.